The highest BCUT2D eigenvalue weighted by atomic mass is 16.1. The summed E-state index contributed by atoms with van der Waals surface area (Å²) in [5, 5.41) is 1.33. The molecular weight excluding hydrogens is 370 g/mol. The lowest BCUT2D eigenvalue weighted by Gasteiger charge is -2.50. The predicted octanol–water partition coefficient (Wildman–Crippen LogP) is 4.50. The van der Waals surface area contributed by atoms with Crippen LogP contribution in [0.15, 0.2) is 54.6 Å². The molecule has 0 aliphatic carbocycles. The first-order chi connectivity index (χ1) is 14.7. The Kier molecular flexibility index (Phi) is 4.95. The van der Waals surface area contributed by atoms with E-state index in [0.717, 1.165) is 51.9 Å². The van der Waals surface area contributed by atoms with Crippen molar-refractivity contribution in [2.45, 2.75) is 31.7 Å². The molecule has 3 heterocycles. The zero-order chi connectivity index (χ0) is 20.6. The molecule has 2 aromatic carbocycles. The lowest BCUT2D eigenvalue weighted by molar-refractivity contribution is -0.128. The molecule has 30 heavy (non-hydrogen) atoms. The van der Waals surface area contributed by atoms with Gasteiger partial charge in [-0.15, -0.1) is 0 Å². The number of hydrogen-bond acceptors (Lipinski definition) is 2. The Morgan fingerprint density at radius 2 is 1.97 bits per heavy atom. The van der Waals surface area contributed by atoms with Gasteiger partial charge in [0.2, 0.25) is 6.41 Å². The van der Waals surface area contributed by atoms with Gasteiger partial charge in [0, 0.05) is 36.2 Å². The maximum absolute atomic E-state index is 12.1. The van der Waals surface area contributed by atoms with Crippen molar-refractivity contribution >= 4 is 23.4 Å². The van der Waals surface area contributed by atoms with E-state index in [1.165, 1.54) is 33.3 Å². The molecule has 154 valence electrons. The number of benzene rings is 2. The van der Waals surface area contributed by atoms with E-state index in [2.05, 4.69) is 76.3 Å². The Morgan fingerprint density at radius 3 is 2.80 bits per heavy atom. The van der Waals surface area contributed by atoms with E-state index in [9.17, 15) is 4.79 Å². The monoisotopic (exact) mass is 399 g/mol. The van der Waals surface area contributed by atoms with Gasteiger partial charge < -0.3 is 9.88 Å². The Bertz CT molecular complexity index is 1080. The van der Waals surface area contributed by atoms with Crippen LogP contribution >= 0.6 is 0 Å². The highest BCUT2D eigenvalue weighted by Gasteiger charge is 2.46. The standard InChI is InChI=1S/C26H29N3O/c1-20-8-5-12-22-23-13-17-29(19-30)26(25(23)27-24(20)22)14-7-16-28(18-26)15-6-11-21-9-3-2-4-10-21/h2-6,8-12,19,27H,7,13-18H2,1H3/b11-6-. The molecule has 1 aromatic heterocycles. The number of fused-ring (bicyclic) bond motifs is 4. The minimum atomic E-state index is -0.250. The summed E-state index contributed by atoms with van der Waals surface area (Å²) in [6.45, 7) is 5.81. The third-order valence-electron chi connectivity index (χ3n) is 6.92. The zero-order valence-corrected chi connectivity index (χ0v) is 17.6. The van der Waals surface area contributed by atoms with E-state index in [4.69, 9.17) is 0 Å². The van der Waals surface area contributed by atoms with Gasteiger partial charge >= 0.3 is 0 Å². The average molecular weight is 400 g/mol. The van der Waals surface area contributed by atoms with Crippen LogP contribution in [-0.2, 0) is 16.8 Å². The Labute approximate surface area is 178 Å². The van der Waals surface area contributed by atoms with Crippen LogP contribution in [0.2, 0.25) is 0 Å². The van der Waals surface area contributed by atoms with Gasteiger partial charge in [-0.1, -0.05) is 60.7 Å². The molecule has 5 rings (SSSR count). The van der Waals surface area contributed by atoms with Gasteiger partial charge in [-0.25, -0.2) is 0 Å². The van der Waals surface area contributed by atoms with Crippen molar-refractivity contribution in [2.75, 3.05) is 26.2 Å². The second-order valence-corrected chi connectivity index (χ2v) is 8.71. The number of H-pyrrole nitrogens is 1. The molecule has 2 aliphatic rings. The van der Waals surface area contributed by atoms with Crippen molar-refractivity contribution in [3.05, 3.63) is 77.0 Å². The molecule has 1 atom stereocenters. The number of aromatic nitrogens is 1. The number of para-hydroxylation sites is 1. The molecule has 1 amide bonds. The lowest BCUT2D eigenvalue weighted by atomic mass is 9.79. The number of carbonyl (C=O) groups is 1. The molecule has 4 nitrogen and oxygen atoms in total. The third-order valence-corrected chi connectivity index (χ3v) is 6.92. The molecule has 2 aliphatic heterocycles. The SMILES string of the molecule is Cc1cccc2c3c([nH]c12)C1(CCCN(C/C=C\c2ccccc2)C1)N(C=O)CC3. The largest absolute Gasteiger partial charge is 0.356 e. The number of nitrogens with zero attached hydrogens (tertiary/aromatic N) is 2. The average Bonchev–Trinajstić information content (AvgIpc) is 3.17. The van der Waals surface area contributed by atoms with Crippen LogP contribution in [0.4, 0.5) is 0 Å². The van der Waals surface area contributed by atoms with Crippen LogP contribution in [0, 0.1) is 6.92 Å². The molecule has 1 unspecified atom stereocenters. The summed E-state index contributed by atoms with van der Waals surface area (Å²) < 4.78 is 0. The van der Waals surface area contributed by atoms with E-state index in [1.54, 1.807) is 0 Å². The number of aryl methyl sites for hydroxylation is 1. The summed E-state index contributed by atoms with van der Waals surface area (Å²) >= 11 is 0. The van der Waals surface area contributed by atoms with Crippen LogP contribution in [0.25, 0.3) is 17.0 Å². The summed E-state index contributed by atoms with van der Waals surface area (Å²) in [5.41, 5.74) is 6.16. The van der Waals surface area contributed by atoms with Gasteiger partial charge in [0.25, 0.3) is 0 Å². The van der Waals surface area contributed by atoms with Crippen molar-refractivity contribution < 1.29 is 4.79 Å². The first kappa shape index (κ1) is 19.1. The number of nitrogens with one attached hydrogen (secondary N) is 1. The van der Waals surface area contributed by atoms with Crippen molar-refractivity contribution in [2.24, 2.45) is 0 Å². The van der Waals surface area contributed by atoms with Crippen LogP contribution in [-0.4, -0.2) is 47.4 Å². The van der Waals surface area contributed by atoms with E-state index in [1.807, 2.05) is 6.07 Å². The smallest absolute Gasteiger partial charge is 0.210 e. The molecule has 0 saturated carbocycles. The number of likely N-dealkylation sites (tertiary alicyclic amines) is 1. The van der Waals surface area contributed by atoms with Crippen LogP contribution < -0.4 is 0 Å². The van der Waals surface area contributed by atoms with Gasteiger partial charge in [-0.05, 0) is 49.4 Å². The molecule has 3 aromatic rings. The molecule has 1 saturated heterocycles. The number of carbonyl (C=O) groups excluding carboxylic acids is 1. The van der Waals surface area contributed by atoms with Crippen LogP contribution in [0.5, 0.6) is 0 Å². The summed E-state index contributed by atoms with van der Waals surface area (Å²) in [5.74, 6) is 0. The minimum Gasteiger partial charge on any atom is -0.356 e. The summed E-state index contributed by atoms with van der Waals surface area (Å²) in [6.07, 6.45) is 8.55. The summed E-state index contributed by atoms with van der Waals surface area (Å²) in [4.78, 5) is 20.4. The second-order valence-electron chi connectivity index (χ2n) is 8.71. The maximum Gasteiger partial charge on any atom is 0.210 e. The maximum atomic E-state index is 12.1. The minimum absolute atomic E-state index is 0.250. The summed E-state index contributed by atoms with van der Waals surface area (Å²) in [7, 11) is 0. The lowest BCUT2D eigenvalue weighted by Crippen LogP contribution is -2.58. The third kappa shape index (κ3) is 3.16. The van der Waals surface area contributed by atoms with Crippen molar-refractivity contribution in [3.63, 3.8) is 0 Å². The molecule has 1 fully saturated rings. The predicted molar refractivity (Wildman–Crippen MR) is 122 cm³/mol. The van der Waals surface area contributed by atoms with Gasteiger partial charge in [0.15, 0.2) is 0 Å². The Hall–Kier alpha value is -2.85. The van der Waals surface area contributed by atoms with Crippen molar-refractivity contribution in [3.8, 4) is 0 Å². The number of rotatable bonds is 4. The Morgan fingerprint density at radius 1 is 1.10 bits per heavy atom. The quantitative estimate of drug-likeness (QED) is 0.657. The molecule has 0 bridgehead atoms. The van der Waals surface area contributed by atoms with Crippen LogP contribution in [0.3, 0.4) is 0 Å². The van der Waals surface area contributed by atoms with E-state index >= 15 is 0 Å². The second kappa shape index (κ2) is 7.77. The molecule has 0 radical (unpaired) electrons. The van der Waals surface area contributed by atoms with E-state index < -0.39 is 0 Å². The first-order valence-electron chi connectivity index (χ1n) is 11.0. The molecule has 1 N–H and O–H groups in total. The number of aromatic amines is 1. The van der Waals surface area contributed by atoms with Crippen molar-refractivity contribution in [1.29, 1.82) is 0 Å². The van der Waals surface area contributed by atoms with E-state index in [0.29, 0.717) is 0 Å². The van der Waals surface area contributed by atoms with E-state index in [-0.39, 0.29) is 5.54 Å². The van der Waals surface area contributed by atoms with Crippen LogP contribution in [0.1, 0.15) is 35.2 Å². The molecule has 1 spiro atoms. The fourth-order valence-corrected chi connectivity index (χ4v) is 5.44. The highest BCUT2D eigenvalue weighted by molar-refractivity contribution is 5.88. The normalized spacial score (nSPS) is 22.1. The molecular formula is C26H29N3O. The Balaban J connectivity index is 1.47. The zero-order valence-electron chi connectivity index (χ0n) is 17.6. The van der Waals surface area contributed by atoms with Gasteiger partial charge in [-0.2, -0.15) is 0 Å². The highest BCUT2D eigenvalue weighted by Crippen LogP contribution is 2.44. The topological polar surface area (TPSA) is 39.3 Å². The summed E-state index contributed by atoms with van der Waals surface area (Å²) in [6, 6.07) is 17.0. The number of piperidine rings is 1. The number of amides is 1. The van der Waals surface area contributed by atoms with Crippen molar-refractivity contribution in [1.82, 2.24) is 14.8 Å². The van der Waals surface area contributed by atoms with Gasteiger partial charge in [-0.3, -0.25) is 9.69 Å². The fraction of sp³-hybridized carbons (Fsp3) is 0.346. The fourth-order valence-electron chi connectivity index (χ4n) is 5.44. The first-order valence-corrected chi connectivity index (χ1v) is 11.0. The van der Waals surface area contributed by atoms with Gasteiger partial charge in [0.1, 0.15) is 0 Å². The van der Waals surface area contributed by atoms with Gasteiger partial charge in [0.05, 0.1) is 5.54 Å². The molecule has 4 heteroatoms. The number of hydrogen-bond donors (Lipinski definition) is 1.